The topological polar surface area (TPSA) is 98.7 Å². The van der Waals surface area contributed by atoms with Gasteiger partial charge in [-0.05, 0) is 26.2 Å². The Labute approximate surface area is 177 Å². The number of carbonyl (C=O) groups is 2. The van der Waals surface area contributed by atoms with E-state index >= 15 is 0 Å². The van der Waals surface area contributed by atoms with E-state index < -0.39 is 11.9 Å². The van der Waals surface area contributed by atoms with E-state index in [9.17, 15) is 9.59 Å². The van der Waals surface area contributed by atoms with Crippen LogP contribution in [0.5, 0.6) is 0 Å². The first kappa shape index (κ1) is 26.7. The van der Waals surface area contributed by atoms with Gasteiger partial charge in [0, 0.05) is 65.4 Å². The number of aliphatic carboxylic acids is 2. The van der Waals surface area contributed by atoms with Gasteiger partial charge in [-0.25, -0.2) is 0 Å². The Bertz CT molecular complexity index is 253. The van der Waals surface area contributed by atoms with Crippen LogP contribution in [0, 0.1) is 32.1 Å². The van der Waals surface area contributed by atoms with Gasteiger partial charge in [0.2, 0.25) is 0 Å². The van der Waals surface area contributed by atoms with Gasteiger partial charge in [0.15, 0.2) is 11.9 Å². The number of rotatable bonds is 4. The maximum atomic E-state index is 10.1. The number of nitrogens with one attached hydrogen (secondary N) is 2. The molecule has 2 aliphatic heterocycles. The molecule has 118 valence electrons. The van der Waals surface area contributed by atoms with Crippen molar-refractivity contribution < 1.29 is 85.2 Å². The van der Waals surface area contributed by atoms with Gasteiger partial charge in [0.25, 0.3) is 0 Å². The molecule has 0 amide bonds. The smallest absolute Gasteiger partial charge is 0.164 e. The molecule has 0 saturated carbocycles. The van der Waals surface area contributed by atoms with Crippen LogP contribution >= 0.6 is 0 Å². The molecule has 4 N–H and O–H groups in total. The Kier molecular flexibility index (Phi) is 19.9. The maximum absolute atomic E-state index is 10.1. The summed E-state index contributed by atoms with van der Waals surface area (Å²) in [6, 6.07) is 0. The van der Waals surface area contributed by atoms with Gasteiger partial charge in [-0.2, -0.15) is 0 Å². The monoisotopic (exact) mass is 449 g/mol. The van der Waals surface area contributed by atoms with Gasteiger partial charge >= 0.3 is 0 Å². The fourth-order valence-corrected chi connectivity index (χ4v) is 2.04. The second-order valence-corrected chi connectivity index (χ2v) is 4.52. The van der Waals surface area contributed by atoms with Crippen molar-refractivity contribution in [3.8, 4) is 0 Å². The molecule has 0 aromatic rings. The first-order valence-corrected chi connectivity index (χ1v) is 6.15. The van der Waals surface area contributed by atoms with Crippen LogP contribution in [0.1, 0.15) is 12.8 Å². The molecular weight excluding hydrogens is 426 g/mol. The van der Waals surface area contributed by atoms with Crippen molar-refractivity contribution in [3.05, 3.63) is 20.3 Å². The van der Waals surface area contributed by atoms with Crippen LogP contribution in [0.3, 0.4) is 0 Å². The fraction of sp³-hybridized carbons (Fsp3) is 0.615. The number of hydrogen-bond acceptors (Lipinski definition) is 4. The van der Waals surface area contributed by atoms with E-state index in [0.29, 0.717) is 0 Å². The van der Waals surface area contributed by atoms with Crippen molar-refractivity contribution in [2.24, 2.45) is 11.8 Å². The molecule has 0 spiro atoms. The Balaban J connectivity index is -0.000000270. The van der Waals surface area contributed by atoms with E-state index in [-0.39, 0.29) is 84.7 Å². The summed E-state index contributed by atoms with van der Waals surface area (Å²) in [4.78, 5) is 20.1. The molecule has 2 saturated heterocycles. The van der Waals surface area contributed by atoms with Crippen LogP contribution in [0.2, 0.25) is 0 Å². The van der Waals surface area contributed by atoms with Crippen molar-refractivity contribution >= 4 is 11.9 Å². The summed E-state index contributed by atoms with van der Waals surface area (Å²) in [5.41, 5.74) is 0. The maximum Gasteiger partial charge on any atom is 0.164 e. The van der Waals surface area contributed by atoms with Crippen LogP contribution < -0.4 is 10.6 Å². The molecule has 2 fully saturated rings. The first-order valence-electron chi connectivity index (χ1n) is 6.15. The zero-order chi connectivity index (χ0) is 13.4. The van der Waals surface area contributed by atoms with Crippen LogP contribution in [0.25, 0.3) is 0 Å². The van der Waals surface area contributed by atoms with Crippen molar-refractivity contribution in [1.82, 2.24) is 10.6 Å². The molecule has 21 heavy (non-hydrogen) atoms. The quantitative estimate of drug-likeness (QED) is 0.459. The normalized spacial score (nSPS) is 22.3. The van der Waals surface area contributed by atoms with E-state index in [1.807, 2.05) is 0 Å². The number of carboxylic acid groups (broad SMARTS) is 2. The summed E-state index contributed by atoms with van der Waals surface area (Å²) in [7, 11) is 0. The Morgan fingerprint density at radius 2 is 1.19 bits per heavy atom. The molecule has 6 nitrogen and oxygen atoms in total. The van der Waals surface area contributed by atoms with Crippen molar-refractivity contribution in [2.75, 3.05) is 26.2 Å². The van der Waals surface area contributed by atoms with E-state index in [1.54, 1.807) is 0 Å². The predicted molar refractivity (Wildman–Crippen MR) is 72.2 cm³/mol. The van der Waals surface area contributed by atoms with Crippen molar-refractivity contribution in [3.63, 3.8) is 0 Å². The van der Waals surface area contributed by atoms with Crippen LogP contribution in [0.4, 0.5) is 0 Å². The third-order valence-electron chi connectivity index (χ3n) is 2.95. The minimum Gasteiger partial charge on any atom is -0.503 e. The predicted octanol–water partition coefficient (Wildman–Crippen LogP) is 0.215. The third-order valence-corrected chi connectivity index (χ3v) is 2.95. The molecule has 8 heteroatoms. The second kappa shape index (κ2) is 15.7. The molecular formula is C13H23N2O4Y2-3. The number of carboxylic acids is 2. The Morgan fingerprint density at radius 3 is 1.38 bits per heavy atom. The third kappa shape index (κ3) is 14.1. The zero-order valence-electron chi connectivity index (χ0n) is 12.4. The molecule has 2 heterocycles. The number of hydrogen-bond donors (Lipinski definition) is 4. The van der Waals surface area contributed by atoms with Gasteiger partial charge in [0.05, 0.1) is 0 Å². The van der Waals surface area contributed by atoms with Crippen molar-refractivity contribution in [1.29, 1.82) is 0 Å². The van der Waals surface area contributed by atoms with Crippen molar-refractivity contribution in [2.45, 2.75) is 12.8 Å². The average Bonchev–Trinajstić information content (AvgIpc) is 2.90. The standard InChI is InChI=1S/2C6H10NO2.CH3.2Y/c2*8-6(9)3-5-1-2-7-4-5;;;/h2*3,5,7H,1-2,4H2,(H,8,9);1H3;;/q3*-1;;. The minimum absolute atomic E-state index is 0. The Morgan fingerprint density at radius 1 is 0.857 bits per heavy atom. The van der Waals surface area contributed by atoms with Crippen LogP contribution in [0.15, 0.2) is 0 Å². The molecule has 2 atom stereocenters. The van der Waals surface area contributed by atoms with Crippen LogP contribution in [-0.2, 0) is 75.0 Å². The van der Waals surface area contributed by atoms with E-state index in [2.05, 4.69) is 10.6 Å². The molecule has 0 bridgehead atoms. The molecule has 2 unspecified atom stereocenters. The van der Waals surface area contributed by atoms with E-state index in [0.717, 1.165) is 39.0 Å². The molecule has 0 aromatic carbocycles. The summed E-state index contributed by atoms with van der Waals surface area (Å²) in [6.45, 7) is 3.56. The summed E-state index contributed by atoms with van der Waals surface area (Å²) in [5, 5.41) is 22.7. The van der Waals surface area contributed by atoms with Crippen LogP contribution in [-0.4, -0.2) is 48.3 Å². The average molecular weight is 449 g/mol. The zero-order valence-corrected chi connectivity index (χ0v) is 18.1. The molecule has 2 aliphatic rings. The SMILES string of the molecule is O=C(O)[CH-]C1CCNC1.O=C(O)[CH-]C1CCNC1.[CH3-].[Y].[Y]. The van der Waals surface area contributed by atoms with E-state index in [1.165, 1.54) is 12.8 Å². The molecule has 2 rings (SSSR count). The van der Waals surface area contributed by atoms with E-state index in [4.69, 9.17) is 10.2 Å². The molecule has 2 radical (unpaired) electrons. The first-order chi connectivity index (χ1) is 8.58. The van der Waals surface area contributed by atoms with Gasteiger partial charge in [-0.15, -0.1) is 11.8 Å². The largest absolute Gasteiger partial charge is 0.503 e. The van der Waals surface area contributed by atoms with Gasteiger partial charge in [0.1, 0.15) is 0 Å². The minimum atomic E-state index is -0.802. The van der Waals surface area contributed by atoms with Gasteiger partial charge in [-0.1, -0.05) is 12.8 Å². The molecule has 0 aromatic heterocycles. The summed E-state index contributed by atoms with van der Waals surface area (Å²) >= 11 is 0. The van der Waals surface area contributed by atoms with Gasteiger partial charge in [-0.3, -0.25) is 22.4 Å². The fourth-order valence-electron chi connectivity index (χ4n) is 2.04. The second-order valence-electron chi connectivity index (χ2n) is 4.52. The Hall–Kier alpha value is 0.808. The molecule has 0 aliphatic carbocycles. The summed E-state index contributed by atoms with van der Waals surface area (Å²) in [6.07, 6.45) is 4.65. The van der Waals surface area contributed by atoms with Gasteiger partial charge < -0.3 is 28.3 Å². The summed E-state index contributed by atoms with van der Waals surface area (Å²) < 4.78 is 0. The summed E-state index contributed by atoms with van der Waals surface area (Å²) in [5.74, 6) is -1.10.